The Morgan fingerprint density at radius 3 is 2.50 bits per heavy atom. The molecule has 1 amide bonds. The van der Waals surface area contributed by atoms with Crippen LogP contribution in [0.15, 0.2) is 18.2 Å². The number of nitrogens with two attached hydrogens (primary N) is 1. The van der Waals surface area contributed by atoms with Gasteiger partial charge in [0, 0.05) is 23.7 Å². The molecule has 7 nitrogen and oxygen atoms in total. The third-order valence-corrected chi connectivity index (χ3v) is 3.73. The molecule has 0 fully saturated rings. The average Bonchev–Trinajstić information content (AvgIpc) is 2.52. The number of nitro benzene ring substituents is 1. The van der Waals surface area contributed by atoms with Crippen LogP contribution in [-0.4, -0.2) is 29.5 Å². The topological polar surface area (TPSA) is 107 Å². The number of carbonyl (C=O) groups is 1. The molecule has 0 saturated heterocycles. The average molecular weight is 309 g/mol. The molecule has 0 atom stereocenters. The molecule has 0 unspecified atom stereocenters. The number of ether oxygens (including phenoxy) is 1. The van der Waals surface area contributed by atoms with Crippen LogP contribution in [0.1, 0.15) is 44.0 Å². The van der Waals surface area contributed by atoms with Gasteiger partial charge < -0.3 is 15.8 Å². The molecule has 1 aromatic rings. The highest BCUT2D eigenvalue weighted by molar-refractivity contribution is 5.95. The molecule has 1 aromatic carbocycles. The zero-order valence-corrected chi connectivity index (χ0v) is 13.2. The number of hydrogen-bond donors (Lipinski definition) is 2. The van der Waals surface area contributed by atoms with Crippen molar-refractivity contribution < 1.29 is 14.5 Å². The van der Waals surface area contributed by atoms with Crippen molar-refractivity contribution in [2.75, 3.05) is 13.2 Å². The van der Waals surface area contributed by atoms with E-state index in [1.165, 1.54) is 18.2 Å². The van der Waals surface area contributed by atoms with Crippen molar-refractivity contribution in [2.45, 2.75) is 39.2 Å². The highest BCUT2D eigenvalue weighted by Crippen LogP contribution is 2.28. The molecule has 0 heterocycles. The Morgan fingerprint density at radius 1 is 1.36 bits per heavy atom. The first-order chi connectivity index (χ1) is 10.4. The number of hydrogen-bond acceptors (Lipinski definition) is 5. The summed E-state index contributed by atoms with van der Waals surface area (Å²) in [4.78, 5) is 22.6. The van der Waals surface area contributed by atoms with E-state index in [0.29, 0.717) is 13.2 Å². The van der Waals surface area contributed by atoms with Crippen LogP contribution in [-0.2, 0) is 0 Å². The first kappa shape index (κ1) is 17.9. The largest absolute Gasteiger partial charge is 0.487 e. The van der Waals surface area contributed by atoms with E-state index in [1.54, 1.807) is 6.92 Å². The molecule has 0 aliphatic heterocycles. The predicted molar refractivity (Wildman–Crippen MR) is 84.1 cm³/mol. The van der Waals surface area contributed by atoms with Gasteiger partial charge in [0.2, 0.25) is 0 Å². The van der Waals surface area contributed by atoms with Crippen molar-refractivity contribution in [3.05, 3.63) is 33.9 Å². The Kier molecular flexibility index (Phi) is 6.30. The quantitative estimate of drug-likeness (QED) is 0.565. The monoisotopic (exact) mass is 309 g/mol. The van der Waals surface area contributed by atoms with Crippen LogP contribution in [0.25, 0.3) is 0 Å². The fourth-order valence-electron chi connectivity index (χ4n) is 1.94. The van der Waals surface area contributed by atoms with Crippen LogP contribution >= 0.6 is 0 Å². The summed E-state index contributed by atoms with van der Waals surface area (Å²) in [7, 11) is 0. The molecule has 22 heavy (non-hydrogen) atoms. The van der Waals surface area contributed by atoms with Gasteiger partial charge in [-0.15, -0.1) is 0 Å². The van der Waals surface area contributed by atoms with Gasteiger partial charge in [-0.3, -0.25) is 14.9 Å². The van der Waals surface area contributed by atoms with Gasteiger partial charge in [-0.05, 0) is 31.9 Å². The van der Waals surface area contributed by atoms with Gasteiger partial charge >= 0.3 is 5.69 Å². The second kappa shape index (κ2) is 7.74. The van der Waals surface area contributed by atoms with Crippen molar-refractivity contribution in [1.29, 1.82) is 0 Å². The van der Waals surface area contributed by atoms with E-state index in [4.69, 9.17) is 10.5 Å². The van der Waals surface area contributed by atoms with E-state index in [-0.39, 0.29) is 22.9 Å². The summed E-state index contributed by atoms with van der Waals surface area (Å²) in [6.45, 7) is 6.28. The molecular formula is C15H23N3O4. The molecule has 3 N–H and O–H groups in total. The maximum Gasteiger partial charge on any atom is 0.311 e. The lowest BCUT2D eigenvalue weighted by molar-refractivity contribution is -0.385. The minimum Gasteiger partial charge on any atom is -0.487 e. The zero-order valence-electron chi connectivity index (χ0n) is 13.2. The van der Waals surface area contributed by atoms with Gasteiger partial charge in [-0.1, -0.05) is 13.8 Å². The molecule has 0 radical (unpaired) electrons. The van der Waals surface area contributed by atoms with Crippen molar-refractivity contribution >= 4 is 11.6 Å². The summed E-state index contributed by atoms with van der Waals surface area (Å²) in [6, 6.07) is 4.16. The van der Waals surface area contributed by atoms with Crippen molar-refractivity contribution in [3.8, 4) is 5.75 Å². The number of benzene rings is 1. The molecule has 0 spiro atoms. The van der Waals surface area contributed by atoms with E-state index in [2.05, 4.69) is 5.32 Å². The third kappa shape index (κ3) is 4.42. The fourth-order valence-corrected chi connectivity index (χ4v) is 1.94. The molecule has 0 aliphatic rings. The molecule has 0 saturated carbocycles. The second-order valence-electron chi connectivity index (χ2n) is 5.12. The first-order valence-corrected chi connectivity index (χ1v) is 7.35. The Hall–Kier alpha value is -2.15. The number of nitrogens with one attached hydrogen (secondary N) is 1. The molecule has 0 aromatic heterocycles. The molecule has 122 valence electrons. The van der Waals surface area contributed by atoms with Crippen LogP contribution in [0.5, 0.6) is 5.75 Å². The lowest BCUT2D eigenvalue weighted by atomic mass is 9.94. The Morgan fingerprint density at radius 2 is 2.00 bits per heavy atom. The predicted octanol–water partition coefficient (Wildman–Crippen LogP) is 2.24. The number of rotatable bonds is 8. The Balaban J connectivity index is 2.90. The van der Waals surface area contributed by atoms with Crippen LogP contribution in [0.4, 0.5) is 5.69 Å². The van der Waals surface area contributed by atoms with E-state index in [1.807, 2.05) is 13.8 Å². The van der Waals surface area contributed by atoms with Crippen molar-refractivity contribution in [3.63, 3.8) is 0 Å². The van der Waals surface area contributed by atoms with Gasteiger partial charge in [0.1, 0.15) is 0 Å². The van der Waals surface area contributed by atoms with Crippen LogP contribution in [0, 0.1) is 10.1 Å². The van der Waals surface area contributed by atoms with E-state index >= 15 is 0 Å². The highest BCUT2D eigenvalue weighted by atomic mass is 16.6. The number of nitro groups is 1. The van der Waals surface area contributed by atoms with Crippen molar-refractivity contribution in [2.24, 2.45) is 5.73 Å². The second-order valence-corrected chi connectivity index (χ2v) is 5.12. The van der Waals surface area contributed by atoms with Gasteiger partial charge in [-0.25, -0.2) is 0 Å². The maximum absolute atomic E-state index is 12.1. The van der Waals surface area contributed by atoms with Gasteiger partial charge in [0.25, 0.3) is 5.91 Å². The van der Waals surface area contributed by atoms with Gasteiger partial charge in [0.05, 0.1) is 11.5 Å². The lowest BCUT2D eigenvalue weighted by Crippen LogP contribution is -2.49. The minimum absolute atomic E-state index is 0.152. The third-order valence-electron chi connectivity index (χ3n) is 3.73. The van der Waals surface area contributed by atoms with Crippen LogP contribution in [0.3, 0.4) is 0 Å². The number of amides is 1. The summed E-state index contributed by atoms with van der Waals surface area (Å²) in [5.74, 6) is -0.234. The van der Waals surface area contributed by atoms with Crippen molar-refractivity contribution in [1.82, 2.24) is 5.32 Å². The summed E-state index contributed by atoms with van der Waals surface area (Å²) in [5, 5.41) is 13.8. The normalized spacial score (nSPS) is 11.1. The van der Waals surface area contributed by atoms with Gasteiger partial charge in [-0.2, -0.15) is 0 Å². The number of nitrogens with zero attached hydrogens (tertiary/aromatic N) is 1. The molecule has 0 aliphatic carbocycles. The Labute approximate surface area is 130 Å². The molecule has 1 rings (SSSR count). The number of carbonyl (C=O) groups excluding carboxylic acids is 1. The molecule has 0 bridgehead atoms. The fraction of sp³-hybridized carbons (Fsp3) is 0.533. The summed E-state index contributed by atoms with van der Waals surface area (Å²) in [5.41, 5.74) is 5.65. The van der Waals surface area contributed by atoms with Crippen LogP contribution in [0.2, 0.25) is 0 Å². The highest BCUT2D eigenvalue weighted by Gasteiger charge is 2.23. The lowest BCUT2D eigenvalue weighted by Gasteiger charge is -2.26. The SMILES string of the molecule is CCOc1ccc(C(=O)NCC(N)(CC)CC)cc1[N+](=O)[O-]. The molecular weight excluding hydrogens is 286 g/mol. The summed E-state index contributed by atoms with van der Waals surface area (Å²) >= 11 is 0. The summed E-state index contributed by atoms with van der Waals surface area (Å²) < 4.78 is 5.19. The molecule has 7 heteroatoms. The standard InChI is InChI=1S/C15H23N3O4/c1-4-15(16,5-2)10-17-14(19)11-7-8-13(22-6-3)12(9-11)18(20)21/h7-9H,4-6,10,16H2,1-3H3,(H,17,19). The van der Waals surface area contributed by atoms with E-state index < -0.39 is 10.5 Å². The maximum atomic E-state index is 12.1. The van der Waals surface area contributed by atoms with Crippen LogP contribution < -0.4 is 15.8 Å². The smallest absolute Gasteiger partial charge is 0.311 e. The first-order valence-electron chi connectivity index (χ1n) is 7.35. The zero-order chi connectivity index (χ0) is 16.8. The Bertz CT molecular complexity index is 542. The van der Waals surface area contributed by atoms with E-state index in [0.717, 1.165) is 12.8 Å². The van der Waals surface area contributed by atoms with Gasteiger partial charge in [0.15, 0.2) is 5.75 Å². The summed E-state index contributed by atoms with van der Waals surface area (Å²) in [6.07, 6.45) is 1.46. The minimum atomic E-state index is -0.562. The van der Waals surface area contributed by atoms with E-state index in [9.17, 15) is 14.9 Å².